The fourth-order valence-electron chi connectivity index (χ4n) is 1.60. The summed E-state index contributed by atoms with van der Waals surface area (Å²) in [5, 5.41) is 5.86. The van der Waals surface area contributed by atoms with Gasteiger partial charge in [-0.05, 0) is 18.6 Å². The van der Waals surface area contributed by atoms with E-state index in [0.29, 0.717) is 12.2 Å². The van der Waals surface area contributed by atoms with E-state index in [-0.39, 0.29) is 21.7 Å². The van der Waals surface area contributed by atoms with Crippen molar-refractivity contribution in [2.75, 3.05) is 17.6 Å². The summed E-state index contributed by atoms with van der Waals surface area (Å²) >= 11 is 1.07. The zero-order valence-electron chi connectivity index (χ0n) is 10.9. The van der Waals surface area contributed by atoms with Crippen molar-refractivity contribution in [3.63, 3.8) is 0 Å². The first kappa shape index (κ1) is 14.9. The van der Waals surface area contributed by atoms with Gasteiger partial charge in [-0.25, -0.2) is 0 Å². The van der Waals surface area contributed by atoms with Crippen LogP contribution in [0.4, 0.5) is 5.69 Å². The van der Waals surface area contributed by atoms with E-state index in [0.717, 1.165) is 18.2 Å². The molecule has 1 aromatic rings. The third kappa shape index (κ3) is 3.51. The van der Waals surface area contributed by atoms with Crippen molar-refractivity contribution < 1.29 is 13.2 Å². The van der Waals surface area contributed by atoms with E-state index in [1.807, 2.05) is 6.92 Å². The van der Waals surface area contributed by atoms with Crippen molar-refractivity contribution >= 4 is 38.5 Å². The number of nitrogens with zero attached hydrogens (tertiary/aromatic N) is 1. The first-order chi connectivity index (χ1) is 9.53. The highest BCUT2D eigenvalue weighted by Crippen LogP contribution is 2.28. The predicted octanol–water partition coefficient (Wildman–Crippen LogP) is 1.42. The zero-order chi connectivity index (χ0) is 14.6. The quantitative estimate of drug-likeness (QED) is 0.877. The number of hydrogen-bond donors (Lipinski definition) is 2. The number of carbonyl (C=O) groups excluding carboxylic acids is 1. The van der Waals surface area contributed by atoms with Crippen LogP contribution >= 0.6 is 11.8 Å². The number of benzene rings is 1. The standard InChI is InChI=1S/C12H15N3O3S2/c1-2-7-13-11(16)8-19-12-14-9-5-3-4-6-10(9)20(17,18)15-12/h3-6H,2,7-8H2,1H3,(H,13,16)(H,14,15). The number of carbonyl (C=O) groups is 1. The van der Waals surface area contributed by atoms with Gasteiger partial charge in [-0.2, -0.15) is 8.42 Å². The number of anilines is 1. The van der Waals surface area contributed by atoms with Crippen LogP contribution in [0.25, 0.3) is 0 Å². The second-order valence-electron chi connectivity index (χ2n) is 4.13. The number of sulfonamides is 1. The van der Waals surface area contributed by atoms with E-state index < -0.39 is 10.0 Å². The van der Waals surface area contributed by atoms with E-state index in [9.17, 15) is 13.2 Å². The van der Waals surface area contributed by atoms with Crippen LogP contribution in [-0.2, 0) is 14.8 Å². The van der Waals surface area contributed by atoms with E-state index in [1.54, 1.807) is 18.2 Å². The highest BCUT2D eigenvalue weighted by Gasteiger charge is 2.24. The Labute approximate surface area is 122 Å². The molecule has 0 radical (unpaired) electrons. The Balaban J connectivity index is 2.05. The molecular formula is C12H15N3O3S2. The first-order valence-corrected chi connectivity index (χ1v) is 8.56. The van der Waals surface area contributed by atoms with Gasteiger partial charge in [0.25, 0.3) is 10.0 Å². The van der Waals surface area contributed by atoms with Crippen LogP contribution in [-0.4, -0.2) is 31.8 Å². The van der Waals surface area contributed by atoms with E-state index in [2.05, 4.69) is 15.0 Å². The smallest absolute Gasteiger partial charge is 0.286 e. The molecule has 1 heterocycles. The van der Waals surface area contributed by atoms with Gasteiger partial charge in [-0.3, -0.25) is 4.79 Å². The molecule has 0 aliphatic carbocycles. The lowest BCUT2D eigenvalue weighted by atomic mass is 10.3. The molecule has 6 nitrogen and oxygen atoms in total. The maximum absolute atomic E-state index is 12.0. The fourth-order valence-corrected chi connectivity index (χ4v) is 3.67. The monoisotopic (exact) mass is 313 g/mol. The number of thioether (sulfide) groups is 1. The molecule has 0 saturated carbocycles. The topological polar surface area (TPSA) is 87.6 Å². The number of hydrogen-bond acceptors (Lipinski definition) is 5. The minimum absolute atomic E-state index is 0.128. The Morgan fingerprint density at radius 1 is 1.40 bits per heavy atom. The van der Waals surface area contributed by atoms with Crippen LogP contribution < -0.4 is 10.6 Å². The lowest BCUT2D eigenvalue weighted by Crippen LogP contribution is -2.27. The molecule has 1 aliphatic heterocycles. The van der Waals surface area contributed by atoms with Crippen LogP contribution in [0, 0.1) is 0 Å². The third-order valence-electron chi connectivity index (χ3n) is 2.52. The molecular weight excluding hydrogens is 298 g/mol. The van der Waals surface area contributed by atoms with E-state index >= 15 is 0 Å². The number of fused-ring (bicyclic) bond motifs is 1. The highest BCUT2D eigenvalue weighted by atomic mass is 32.2. The predicted molar refractivity (Wildman–Crippen MR) is 80.4 cm³/mol. The second kappa shape index (κ2) is 6.27. The molecule has 0 atom stereocenters. The summed E-state index contributed by atoms with van der Waals surface area (Å²) in [6, 6.07) is 6.54. The molecule has 20 heavy (non-hydrogen) atoms. The highest BCUT2D eigenvalue weighted by molar-refractivity contribution is 8.15. The summed E-state index contributed by atoms with van der Waals surface area (Å²) in [5.41, 5.74) is 0.485. The number of rotatable bonds is 4. The Bertz CT molecular complexity index is 641. The van der Waals surface area contributed by atoms with E-state index in [1.165, 1.54) is 6.07 Å². The Kier molecular flexibility index (Phi) is 4.66. The first-order valence-electron chi connectivity index (χ1n) is 6.13. The molecule has 1 aromatic carbocycles. The summed E-state index contributed by atoms with van der Waals surface area (Å²) in [6.07, 6.45) is 0.858. The molecule has 0 bridgehead atoms. The maximum atomic E-state index is 12.0. The van der Waals surface area contributed by atoms with Crippen molar-refractivity contribution in [3.05, 3.63) is 24.3 Å². The van der Waals surface area contributed by atoms with Gasteiger partial charge in [0.15, 0.2) is 5.17 Å². The molecule has 0 saturated heterocycles. The lowest BCUT2D eigenvalue weighted by Gasteiger charge is -2.17. The summed E-state index contributed by atoms with van der Waals surface area (Å²) in [7, 11) is -3.68. The van der Waals surface area contributed by atoms with Gasteiger partial charge in [0.05, 0.1) is 11.4 Å². The fraction of sp³-hybridized carbons (Fsp3) is 0.333. The number of amidine groups is 1. The largest absolute Gasteiger partial charge is 0.355 e. The average Bonchev–Trinajstić information content (AvgIpc) is 2.42. The van der Waals surface area contributed by atoms with Crippen molar-refractivity contribution in [1.82, 2.24) is 5.32 Å². The minimum atomic E-state index is -3.68. The average molecular weight is 313 g/mol. The number of para-hydroxylation sites is 1. The summed E-state index contributed by atoms with van der Waals surface area (Å²) in [5.74, 6) is -0.0126. The van der Waals surface area contributed by atoms with Crippen molar-refractivity contribution in [1.29, 1.82) is 0 Å². The Hall–Kier alpha value is -1.54. The SMILES string of the molecule is CCCNC(=O)CSC1=NS(=O)(=O)c2ccccc2N1. The van der Waals surface area contributed by atoms with Gasteiger partial charge in [0.2, 0.25) is 5.91 Å². The molecule has 0 aromatic heterocycles. The Morgan fingerprint density at radius 2 is 2.15 bits per heavy atom. The second-order valence-corrected chi connectivity index (χ2v) is 6.67. The Morgan fingerprint density at radius 3 is 2.90 bits per heavy atom. The van der Waals surface area contributed by atoms with Gasteiger partial charge in [-0.15, -0.1) is 4.40 Å². The molecule has 0 unspecified atom stereocenters. The molecule has 108 valence electrons. The maximum Gasteiger partial charge on any atom is 0.286 e. The van der Waals surface area contributed by atoms with Crippen molar-refractivity contribution in [3.8, 4) is 0 Å². The van der Waals surface area contributed by atoms with Crippen molar-refractivity contribution in [2.45, 2.75) is 18.2 Å². The normalized spacial score (nSPS) is 15.8. The van der Waals surface area contributed by atoms with Crippen molar-refractivity contribution in [2.24, 2.45) is 4.40 Å². The molecule has 2 N–H and O–H groups in total. The van der Waals surface area contributed by atoms with Gasteiger partial charge in [0.1, 0.15) is 4.90 Å². The molecule has 1 amide bonds. The summed E-state index contributed by atoms with van der Waals surface area (Å²) < 4.78 is 27.6. The molecule has 8 heteroatoms. The van der Waals surface area contributed by atoms with Gasteiger partial charge in [0, 0.05) is 6.54 Å². The third-order valence-corrected chi connectivity index (χ3v) is 4.85. The zero-order valence-corrected chi connectivity index (χ0v) is 12.6. The number of nitrogens with one attached hydrogen (secondary N) is 2. The van der Waals surface area contributed by atoms with Gasteiger partial charge in [-0.1, -0.05) is 30.8 Å². The minimum Gasteiger partial charge on any atom is -0.355 e. The van der Waals surface area contributed by atoms with Crippen LogP contribution in [0.5, 0.6) is 0 Å². The van der Waals surface area contributed by atoms with Crippen LogP contribution in [0.15, 0.2) is 33.6 Å². The van der Waals surface area contributed by atoms with Gasteiger partial charge < -0.3 is 10.6 Å². The molecule has 1 aliphatic rings. The molecule has 2 rings (SSSR count). The molecule has 0 spiro atoms. The van der Waals surface area contributed by atoms with E-state index in [4.69, 9.17) is 0 Å². The molecule has 0 fully saturated rings. The van der Waals surface area contributed by atoms with Crippen LogP contribution in [0.3, 0.4) is 0 Å². The summed E-state index contributed by atoms with van der Waals surface area (Å²) in [6.45, 7) is 2.57. The number of amides is 1. The van der Waals surface area contributed by atoms with Crippen LogP contribution in [0.2, 0.25) is 0 Å². The summed E-state index contributed by atoms with van der Waals surface area (Å²) in [4.78, 5) is 11.6. The van der Waals surface area contributed by atoms with Crippen LogP contribution in [0.1, 0.15) is 13.3 Å². The van der Waals surface area contributed by atoms with Gasteiger partial charge >= 0.3 is 0 Å². The lowest BCUT2D eigenvalue weighted by molar-refractivity contribution is -0.118.